The summed E-state index contributed by atoms with van der Waals surface area (Å²) in [5, 5.41) is 13.3. The van der Waals surface area contributed by atoms with Crippen LogP contribution in [0.15, 0.2) is 30.5 Å². The minimum atomic E-state index is -3.12. The van der Waals surface area contributed by atoms with Crippen LogP contribution in [0.2, 0.25) is 0 Å². The van der Waals surface area contributed by atoms with Crippen molar-refractivity contribution in [3.8, 4) is 0 Å². The van der Waals surface area contributed by atoms with Crippen LogP contribution in [0.25, 0.3) is 10.8 Å². The summed E-state index contributed by atoms with van der Waals surface area (Å²) in [7, 11) is -3.12. The van der Waals surface area contributed by atoms with E-state index < -0.39 is 10.0 Å². The number of fused-ring (bicyclic) bond motifs is 1. The zero-order chi connectivity index (χ0) is 15.3. The quantitative estimate of drug-likeness (QED) is 0.788. The third kappa shape index (κ3) is 4.12. The van der Waals surface area contributed by atoms with E-state index in [9.17, 15) is 8.42 Å². The Hall–Kier alpha value is -1.73. The minimum Gasteiger partial charge on any atom is -0.368 e. The van der Waals surface area contributed by atoms with Crippen molar-refractivity contribution in [2.75, 3.05) is 31.2 Å². The summed E-state index contributed by atoms with van der Waals surface area (Å²) in [6, 6.07) is 7.88. The maximum atomic E-state index is 11.5. The van der Waals surface area contributed by atoms with Crippen LogP contribution in [0.5, 0.6) is 0 Å². The molecule has 0 unspecified atom stereocenters. The molecule has 0 fully saturated rings. The molecule has 0 saturated carbocycles. The molecule has 6 nitrogen and oxygen atoms in total. The lowest BCUT2D eigenvalue weighted by molar-refractivity contribution is 0.428. The Morgan fingerprint density at radius 2 is 2.05 bits per heavy atom. The number of anilines is 1. The summed E-state index contributed by atoms with van der Waals surface area (Å²) in [5.74, 6) is 0.732. The van der Waals surface area contributed by atoms with Crippen LogP contribution < -0.4 is 5.32 Å². The van der Waals surface area contributed by atoms with Crippen LogP contribution in [0.4, 0.5) is 5.82 Å². The van der Waals surface area contributed by atoms with Gasteiger partial charge in [-0.05, 0) is 6.42 Å². The van der Waals surface area contributed by atoms with Gasteiger partial charge in [0.25, 0.3) is 0 Å². The van der Waals surface area contributed by atoms with Crippen LogP contribution in [-0.2, 0) is 10.0 Å². The van der Waals surface area contributed by atoms with Gasteiger partial charge < -0.3 is 5.32 Å². The first-order chi connectivity index (χ1) is 10.0. The van der Waals surface area contributed by atoms with Crippen molar-refractivity contribution in [2.24, 2.45) is 0 Å². The molecule has 1 aromatic heterocycles. The normalized spacial score (nSPS) is 12.0. The molecule has 114 valence electrons. The Morgan fingerprint density at radius 3 is 2.76 bits per heavy atom. The molecule has 0 bridgehead atoms. The fourth-order valence-electron chi connectivity index (χ4n) is 2.18. The third-order valence-electron chi connectivity index (χ3n) is 3.27. The van der Waals surface area contributed by atoms with Gasteiger partial charge in [0.2, 0.25) is 10.0 Å². The maximum absolute atomic E-state index is 11.5. The summed E-state index contributed by atoms with van der Waals surface area (Å²) in [6.07, 6.45) is 3.68. The summed E-state index contributed by atoms with van der Waals surface area (Å²) in [4.78, 5) is 0. The fourth-order valence-corrected chi connectivity index (χ4v) is 3.11. The molecule has 0 amide bonds. The van der Waals surface area contributed by atoms with Gasteiger partial charge in [0.15, 0.2) is 5.82 Å². The average molecular weight is 308 g/mol. The van der Waals surface area contributed by atoms with Crippen molar-refractivity contribution in [1.29, 1.82) is 0 Å². The SMILES string of the molecule is CCN(CCCNc1nncc2ccccc12)S(C)(=O)=O. The van der Waals surface area contributed by atoms with Gasteiger partial charge in [-0.1, -0.05) is 31.2 Å². The lowest BCUT2D eigenvalue weighted by Gasteiger charge is -2.17. The number of benzene rings is 1. The van der Waals surface area contributed by atoms with Crippen LogP contribution in [0.1, 0.15) is 13.3 Å². The number of aromatic nitrogens is 2. The van der Waals surface area contributed by atoms with Gasteiger partial charge in [-0.25, -0.2) is 12.7 Å². The molecule has 0 aliphatic carbocycles. The van der Waals surface area contributed by atoms with Gasteiger partial charge in [0.05, 0.1) is 12.5 Å². The van der Waals surface area contributed by atoms with Crippen molar-refractivity contribution < 1.29 is 8.42 Å². The van der Waals surface area contributed by atoms with E-state index in [-0.39, 0.29) is 0 Å². The second-order valence-corrected chi connectivity index (χ2v) is 6.80. The molecule has 2 rings (SSSR count). The monoisotopic (exact) mass is 308 g/mol. The molecular weight excluding hydrogens is 288 g/mol. The zero-order valence-corrected chi connectivity index (χ0v) is 13.1. The van der Waals surface area contributed by atoms with E-state index in [1.807, 2.05) is 31.2 Å². The van der Waals surface area contributed by atoms with Gasteiger partial charge in [0, 0.05) is 30.4 Å². The highest BCUT2D eigenvalue weighted by Gasteiger charge is 2.13. The van der Waals surface area contributed by atoms with Crippen LogP contribution in [-0.4, -0.2) is 48.8 Å². The molecule has 0 spiro atoms. The zero-order valence-electron chi connectivity index (χ0n) is 12.3. The van der Waals surface area contributed by atoms with E-state index in [4.69, 9.17) is 0 Å². The fraction of sp³-hybridized carbons (Fsp3) is 0.429. The highest BCUT2D eigenvalue weighted by Crippen LogP contribution is 2.18. The number of sulfonamides is 1. The molecule has 0 saturated heterocycles. The first kappa shape index (κ1) is 15.7. The Labute approximate surface area is 125 Å². The van der Waals surface area contributed by atoms with Crippen LogP contribution in [0.3, 0.4) is 0 Å². The molecular formula is C14H20N4O2S. The smallest absolute Gasteiger partial charge is 0.211 e. The lowest BCUT2D eigenvalue weighted by atomic mass is 10.2. The third-order valence-corrected chi connectivity index (χ3v) is 4.65. The topological polar surface area (TPSA) is 75.2 Å². The molecule has 7 heteroatoms. The molecule has 0 radical (unpaired) electrons. The average Bonchev–Trinajstić information content (AvgIpc) is 2.46. The van der Waals surface area contributed by atoms with Crippen molar-refractivity contribution in [1.82, 2.24) is 14.5 Å². The van der Waals surface area contributed by atoms with Crippen molar-refractivity contribution >= 4 is 26.6 Å². The first-order valence-corrected chi connectivity index (χ1v) is 8.76. The summed E-state index contributed by atoms with van der Waals surface area (Å²) < 4.78 is 24.4. The van der Waals surface area contributed by atoms with E-state index in [1.54, 1.807) is 6.20 Å². The van der Waals surface area contributed by atoms with Crippen molar-refractivity contribution in [2.45, 2.75) is 13.3 Å². The predicted octanol–water partition coefficient (Wildman–Crippen LogP) is 1.71. The lowest BCUT2D eigenvalue weighted by Crippen LogP contribution is -2.31. The molecule has 0 aliphatic rings. The van der Waals surface area contributed by atoms with Crippen LogP contribution in [0, 0.1) is 0 Å². The number of hydrogen-bond acceptors (Lipinski definition) is 5. The van der Waals surface area contributed by atoms with Gasteiger partial charge >= 0.3 is 0 Å². The number of nitrogens with zero attached hydrogens (tertiary/aromatic N) is 3. The second kappa shape index (κ2) is 6.82. The van der Waals surface area contributed by atoms with E-state index >= 15 is 0 Å². The maximum Gasteiger partial charge on any atom is 0.211 e. The minimum absolute atomic E-state index is 0.493. The highest BCUT2D eigenvalue weighted by atomic mass is 32.2. The number of rotatable bonds is 7. The number of nitrogens with one attached hydrogen (secondary N) is 1. The Morgan fingerprint density at radius 1 is 1.29 bits per heavy atom. The Bertz CT molecular complexity index is 698. The summed E-state index contributed by atoms with van der Waals surface area (Å²) >= 11 is 0. The Kier molecular flexibility index (Phi) is 5.08. The number of hydrogen-bond donors (Lipinski definition) is 1. The largest absolute Gasteiger partial charge is 0.368 e. The molecule has 1 heterocycles. The molecule has 1 N–H and O–H groups in total. The van der Waals surface area contributed by atoms with Gasteiger partial charge in [0.1, 0.15) is 0 Å². The summed E-state index contributed by atoms with van der Waals surface area (Å²) in [5.41, 5.74) is 0. The van der Waals surface area contributed by atoms with Crippen molar-refractivity contribution in [3.63, 3.8) is 0 Å². The molecule has 0 aliphatic heterocycles. The van der Waals surface area contributed by atoms with E-state index in [1.165, 1.54) is 10.6 Å². The Balaban J connectivity index is 1.94. The van der Waals surface area contributed by atoms with E-state index in [0.29, 0.717) is 26.1 Å². The first-order valence-electron chi connectivity index (χ1n) is 6.92. The van der Waals surface area contributed by atoms with Gasteiger partial charge in [-0.3, -0.25) is 0 Å². The van der Waals surface area contributed by atoms with Crippen LogP contribution >= 0.6 is 0 Å². The molecule has 1 aromatic carbocycles. The molecule has 21 heavy (non-hydrogen) atoms. The van der Waals surface area contributed by atoms with E-state index in [2.05, 4.69) is 15.5 Å². The highest BCUT2D eigenvalue weighted by molar-refractivity contribution is 7.88. The second-order valence-electron chi connectivity index (χ2n) is 4.82. The molecule has 0 atom stereocenters. The summed E-state index contributed by atoms with van der Waals surface area (Å²) in [6.45, 7) is 3.48. The predicted molar refractivity (Wildman–Crippen MR) is 84.7 cm³/mol. The van der Waals surface area contributed by atoms with Gasteiger partial charge in [-0.15, -0.1) is 5.10 Å². The van der Waals surface area contributed by atoms with Gasteiger partial charge in [-0.2, -0.15) is 5.10 Å². The van der Waals surface area contributed by atoms with Crippen molar-refractivity contribution in [3.05, 3.63) is 30.5 Å². The molecule has 2 aromatic rings. The van der Waals surface area contributed by atoms with E-state index in [0.717, 1.165) is 16.6 Å². The standard InChI is InChI=1S/C14H20N4O2S/c1-3-18(21(2,19)20)10-6-9-15-14-13-8-5-4-7-12(13)11-16-17-14/h4-5,7-8,11H,3,6,9-10H2,1-2H3,(H,15,17).